The van der Waals surface area contributed by atoms with Crippen LogP contribution >= 0.6 is 0 Å². The van der Waals surface area contributed by atoms with Crippen molar-refractivity contribution < 1.29 is 4.79 Å². The van der Waals surface area contributed by atoms with Gasteiger partial charge in [0.1, 0.15) is 5.69 Å². The van der Waals surface area contributed by atoms with Gasteiger partial charge in [-0.25, -0.2) is 5.43 Å². The van der Waals surface area contributed by atoms with Gasteiger partial charge >= 0.3 is 0 Å². The maximum absolute atomic E-state index is 12.9. The fraction of sp³-hybridized carbons (Fsp3) is 0.0400. The smallest absolute Gasteiger partial charge is 0.288 e. The van der Waals surface area contributed by atoms with E-state index in [4.69, 9.17) is 0 Å². The Balaban J connectivity index is 1.63. The lowest BCUT2D eigenvalue weighted by molar-refractivity contribution is 0.0951. The van der Waals surface area contributed by atoms with Crippen molar-refractivity contribution in [2.24, 2.45) is 5.10 Å². The first-order valence-electron chi connectivity index (χ1n) is 9.44. The van der Waals surface area contributed by atoms with E-state index in [-0.39, 0.29) is 5.91 Å². The predicted octanol–water partition coefficient (Wildman–Crippen LogP) is 5.42. The van der Waals surface area contributed by atoms with Gasteiger partial charge in [0.2, 0.25) is 0 Å². The van der Waals surface area contributed by atoms with Crippen LogP contribution in [0.5, 0.6) is 0 Å². The molecule has 0 saturated heterocycles. The number of aryl methyl sites for hydroxylation is 1. The highest BCUT2D eigenvalue weighted by Gasteiger charge is 2.17. The fourth-order valence-corrected chi connectivity index (χ4v) is 3.13. The second-order valence-corrected chi connectivity index (χ2v) is 6.81. The molecule has 29 heavy (non-hydrogen) atoms. The molecule has 0 fully saturated rings. The zero-order valence-electron chi connectivity index (χ0n) is 16.1. The van der Waals surface area contributed by atoms with E-state index >= 15 is 0 Å². The number of H-pyrrole nitrogens is 1. The summed E-state index contributed by atoms with van der Waals surface area (Å²) in [5, 5.41) is 4.12. The number of rotatable bonds is 5. The van der Waals surface area contributed by atoms with Crippen molar-refractivity contribution in [1.29, 1.82) is 0 Å². The third-order valence-electron chi connectivity index (χ3n) is 4.67. The molecule has 142 valence electrons. The Hall–Kier alpha value is -3.92. The number of aromatic nitrogens is 1. The number of amides is 1. The molecule has 0 aliphatic heterocycles. The van der Waals surface area contributed by atoms with E-state index in [9.17, 15) is 4.79 Å². The molecule has 0 aliphatic carbocycles. The van der Waals surface area contributed by atoms with E-state index in [0.717, 1.165) is 27.9 Å². The largest absolute Gasteiger partial charge is 0.350 e. The fourth-order valence-electron chi connectivity index (χ4n) is 3.13. The summed E-state index contributed by atoms with van der Waals surface area (Å²) in [6, 6.07) is 29.7. The second kappa shape index (κ2) is 8.40. The van der Waals surface area contributed by atoms with Crippen LogP contribution in [-0.4, -0.2) is 17.1 Å². The summed E-state index contributed by atoms with van der Waals surface area (Å²) in [5.41, 5.74) is 8.94. The Labute approximate surface area is 169 Å². The maximum atomic E-state index is 12.9. The van der Waals surface area contributed by atoms with Gasteiger partial charge in [-0.1, -0.05) is 90.5 Å². The Kier molecular flexibility index (Phi) is 5.34. The summed E-state index contributed by atoms with van der Waals surface area (Å²) in [6.07, 6.45) is 1.64. The minimum atomic E-state index is -0.283. The molecule has 1 aromatic heterocycles. The Morgan fingerprint density at radius 1 is 0.862 bits per heavy atom. The third kappa shape index (κ3) is 4.33. The van der Waals surface area contributed by atoms with Crippen molar-refractivity contribution in [3.05, 3.63) is 108 Å². The molecule has 4 aromatic rings. The van der Waals surface area contributed by atoms with Crippen LogP contribution in [0.15, 0.2) is 96.1 Å². The van der Waals surface area contributed by atoms with E-state index in [1.165, 1.54) is 5.56 Å². The molecule has 1 amide bonds. The summed E-state index contributed by atoms with van der Waals surface area (Å²) in [4.78, 5) is 16.1. The average molecular weight is 379 g/mol. The number of nitrogens with zero attached hydrogens (tertiary/aromatic N) is 1. The topological polar surface area (TPSA) is 57.2 Å². The molecule has 4 heteroatoms. The number of carbonyl (C=O) groups is 1. The number of benzene rings is 3. The van der Waals surface area contributed by atoms with Crippen molar-refractivity contribution in [3.63, 3.8) is 0 Å². The Morgan fingerprint density at radius 2 is 1.48 bits per heavy atom. The summed E-state index contributed by atoms with van der Waals surface area (Å²) in [5.74, 6) is -0.283. The van der Waals surface area contributed by atoms with E-state index in [0.29, 0.717) is 5.69 Å². The predicted molar refractivity (Wildman–Crippen MR) is 118 cm³/mol. The molecule has 3 aromatic carbocycles. The van der Waals surface area contributed by atoms with Crippen LogP contribution < -0.4 is 5.43 Å². The van der Waals surface area contributed by atoms with Crippen LogP contribution in [0, 0.1) is 6.92 Å². The monoisotopic (exact) mass is 379 g/mol. The summed E-state index contributed by atoms with van der Waals surface area (Å²) < 4.78 is 0. The molecule has 0 aliphatic rings. The first-order valence-corrected chi connectivity index (χ1v) is 9.44. The number of hydrogen-bond acceptors (Lipinski definition) is 2. The highest BCUT2D eigenvalue weighted by atomic mass is 16.2. The van der Waals surface area contributed by atoms with E-state index < -0.39 is 0 Å². The van der Waals surface area contributed by atoms with E-state index in [1.54, 1.807) is 6.21 Å². The number of nitrogens with one attached hydrogen (secondary N) is 2. The number of carbonyl (C=O) groups excluding carboxylic acids is 1. The molecule has 0 unspecified atom stereocenters. The summed E-state index contributed by atoms with van der Waals surface area (Å²) in [6.45, 7) is 2.03. The first-order chi connectivity index (χ1) is 14.2. The number of hydrazone groups is 1. The zero-order chi connectivity index (χ0) is 20.1. The van der Waals surface area contributed by atoms with Gasteiger partial charge in [0.05, 0.1) is 6.21 Å². The molecule has 0 bridgehead atoms. The van der Waals surface area contributed by atoms with Gasteiger partial charge < -0.3 is 4.98 Å². The molecule has 0 atom stereocenters. The van der Waals surface area contributed by atoms with Crippen molar-refractivity contribution in [2.75, 3.05) is 0 Å². The van der Waals surface area contributed by atoms with Gasteiger partial charge in [0.25, 0.3) is 5.91 Å². The molecular formula is C25H21N3O. The van der Waals surface area contributed by atoms with E-state index in [2.05, 4.69) is 15.5 Å². The SMILES string of the molecule is Cc1ccc(C=NNC(=O)c2[nH]c(-c3ccccc3)cc2-c2ccccc2)cc1. The van der Waals surface area contributed by atoms with Crippen molar-refractivity contribution in [3.8, 4) is 22.4 Å². The number of hydrogen-bond donors (Lipinski definition) is 2. The molecule has 0 radical (unpaired) electrons. The molecule has 0 spiro atoms. The summed E-state index contributed by atoms with van der Waals surface area (Å²) >= 11 is 0. The van der Waals surface area contributed by atoms with Crippen LogP contribution in [0.2, 0.25) is 0 Å². The molecule has 4 nitrogen and oxygen atoms in total. The Bertz CT molecular complexity index is 1130. The minimum absolute atomic E-state index is 0.283. The lowest BCUT2D eigenvalue weighted by Gasteiger charge is -2.03. The van der Waals surface area contributed by atoms with E-state index in [1.807, 2.05) is 97.9 Å². The van der Waals surface area contributed by atoms with Gasteiger partial charge in [0, 0.05) is 11.3 Å². The van der Waals surface area contributed by atoms with Crippen molar-refractivity contribution >= 4 is 12.1 Å². The van der Waals surface area contributed by atoms with Crippen LogP contribution in [-0.2, 0) is 0 Å². The van der Waals surface area contributed by atoms with Gasteiger partial charge in [-0.3, -0.25) is 4.79 Å². The van der Waals surface area contributed by atoms with Gasteiger partial charge in [-0.2, -0.15) is 5.10 Å². The Morgan fingerprint density at radius 3 is 2.14 bits per heavy atom. The highest BCUT2D eigenvalue weighted by Crippen LogP contribution is 2.29. The van der Waals surface area contributed by atoms with Crippen LogP contribution in [0.25, 0.3) is 22.4 Å². The third-order valence-corrected chi connectivity index (χ3v) is 4.67. The maximum Gasteiger partial charge on any atom is 0.288 e. The highest BCUT2D eigenvalue weighted by molar-refractivity contribution is 6.01. The van der Waals surface area contributed by atoms with Gasteiger partial charge in [-0.05, 0) is 29.7 Å². The van der Waals surface area contributed by atoms with Crippen LogP contribution in [0.4, 0.5) is 0 Å². The quantitative estimate of drug-likeness (QED) is 0.353. The lowest BCUT2D eigenvalue weighted by atomic mass is 10.0. The van der Waals surface area contributed by atoms with Crippen molar-refractivity contribution in [2.45, 2.75) is 6.92 Å². The van der Waals surface area contributed by atoms with Crippen molar-refractivity contribution in [1.82, 2.24) is 10.4 Å². The van der Waals surface area contributed by atoms with Crippen LogP contribution in [0.1, 0.15) is 21.6 Å². The minimum Gasteiger partial charge on any atom is -0.350 e. The second-order valence-electron chi connectivity index (χ2n) is 6.81. The summed E-state index contributed by atoms with van der Waals surface area (Å²) in [7, 11) is 0. The van der Waals surface area contributed by atoms with Gasteiger partial charge in [-0.15, -0.1) is 0 Å². The van der Waals surface area contributed by atoms with Gasteiger partial charge in [0.15, 0.2) is 0 Å². The standard InChI is InChI=1S/C25H21N3O/c1-18-12-14-19(15-13-18)17-26-28-25(29)24-22(20-8-4-2-5-9-20)16-23(27-24)21-10-6-3-7-11-21/h2-17,27H,1H3,(H,28,29). The molecule has 0 saturated carbocycles. The molecule has 4 rings (SSSR count). The molecular weight excluding hydrogens is 358 g/mol. The molecule has 1 heterocycles. The zero-order valence-corrected chi connectivity index (χ0v) is 16.1. The average Bonchev–Trinajstić information content (AvgIpc) is 3.22. The number of aromatic amines is 1. The normalized spacial score (nSPS) is 10.9. The van der Waals surface area contributed by atoms with Crippen LogP contribution in [0.3, 0.4) is 0 Å². The lowest BCUT2D eigenvalue weighted by Crippen LogP contribution is -2.18. The first kappa shape index (κ1) is 18.4. The molecule has 2 N–H and O–H groups in total.